The van der Waals surface area contributed by atoms with Gasteiger partial charge in [0.1, 0.15) is 29.0 Å². The van der Waals surface area contributed by atoms with Crippen LogP contribution in [0.15, 0.2) is 54.9 Å². The molecule has 0 aliphatic carbocycles. The van der Waals surface area contributed by atoms with Crippen LogP contribution in [0.5, 0.6) is 11.5 Å². The minimum absolute atomic E-state index is 0.183. The molecular formula is C17H12Cl2N2O3. The number of benzene rings is 1. The number of ether oxygens (including phenoxy) is 2. The number of halogens is 2. The number of hydrogen-bond donors (Lipinski definition) is 1. The van der Waals surface area contributed by atoms with Crippen LogP contribution >= 0.6 is 23.2 Å². The molecule has 0 fully saturated rings. The van der Waals surface area contributed by atoms with Crippen LogP contribution in [0, 0.1) is 0 Å². The highest BCUT2D eigenvalue weighted by Gasteiger charge is 2.13. The van der Waals surface area contributed by atoms with Crippen molar-refractivity contribution in [3.05, 3.63) is 76.3 Å². The number of H-pyrrole nitrogens is 1. The third-order valence-corrected chi connectivity index (χ3v) is 3.83. The Labute approximate surface area is 148 Å². The number of hydrogen-bond acceptors (Lipinski definition) is 4. The van der Waals surface area contributed by atoms with E-state index < -0.39 is 5.97 Å². The molecule has 1 N–H and O–H groups in total. The van der Waals surface area contributed by atoms with Crippen LogP contribution in [-0.2, 0) is 6.61 Å². The fourth-order valence-electron chi connectivity index (χ4n) is 1.93. The van der Waals surface area contributed by atoms with E-state index in [1.807, 2.05) is 12.1 Å². The molecule has 0 spiro atoms. The third-order valence-electron chi connectivity index (χ3n) is 3.13. The lowest BCUT2D eigenvalue weighted by Gasteiger charge is -2.07. The Hall–Kier alpha value is -2.50. The van der Waals surface area contributed by atoms with E-state index in [0.717, 1.165) is 5.56 Å². The summed E-state index contributed by atoms with van der Waals surface area (Å²) in [6, 6.07) is 11.9. The highest BCUT2D eigenvalue weighted by molar-refractivity contribution is 6.41. The quantitative estimate of drug-likeness (QED) is 0.535. The number of aromatic amines is 1. The van der Waals surface area contributed by atoms with Crippen molar-refractivity contribution >= 4 is 29.2 Å². The van der Waals surface area contributed by atoms with Gasteiger partial charge in [0.05, 0.1) is 5.02 Å². The number of nitrogens with zero attached hydrogens (tertiary/aromatic N) is 1. The summed E-state index contributed by atoms with van der Waals surface area (Å²) in [7, 11) is 0. The minimum atomic E-state index is -0.575. The normalized spacial score (nSPS) is 10.4. The van der Waals surface area contributed by atoms with Gasteiger partial charge in [-0.25, -0.2) is 4.79 Å². The van der Waals surface area contributed by atoms with Crippen LogP contribution < -0.4 is 9.47 Å². The minimum Gasteiger partial charge on any atom is -0.489 e. The number of aromatic nitrogens is 2. The van der Waals surface area contributed by atoms with Crippen molar-refractivity contribution in [1.82, 2.24) is 9.97 Å². The van der Waals surface area contributed by atoms with Crippen molar-refractivity contribution in [3.8, 4) is 11.5 Å². The Morgan fingerprint density at radius 2 is 1.71 bits per heavy atom. The Bertz CT molecular complexity index is 813. The van der Waals surface area contributed by atoms with Crippen molar-refractivity contribution < 1.29 is 14.3 Å². The first-order valence-electron chi connectivity index (χ1n) is 7.00. The van der Waals surface area contributed by atoms with Gasteiger partial charge in [0.15, 0.2) is 0 Å². The third kappa shape index (κ3) is 4.07. The maximum Gasteiger partial charge on any atom is 0.360 e. The van der Waals surface area contributed by atoms with E-state index in [0.29, 0.717) is 18.1 Å². The van der Waals surface area contributed by atoms with Crippen LogP contribution in [0.3, 0.4) is 0 Å². The van der Waals surface area contributed by atoms with Gasteiger partial charge in [0.25, 0.3) is 0 Å². The Balaban J connectivity index is 1.59. The molecule has 0 bridgehead atoms. The first kappa shape index (κ1) is 16.4. The van der Waals surface area contributed by atoms with E-state index in [4.69, 9.17) is 32.7 Å². The fraction of sp³-hybridized carbons (Fsp3) is 0.0588. The number of carbonyl (C=O) groups excluding carboxylic acids is 1. The highest BCUT2D eigenvalue weighted by atomic mass is 35.5. The molecule has 0 saturated heterocycles. The molecule has 2 heterocycles. The summed E-state index contributed by atoms with van der Waals surface area (Å²) in [5.41, 5.74) is 1.20. The second kappa shape index (κ2) is 7.38. The largest absolute Gasteiger partial charge is 0.489 e. The molecule has 0 unspecified atom stereocenters. The standard InChI is InChI=1S/C17H12Cl2N2O3/c18-14-9-15(21-16(14)19)17(22)24-13-3-1-12(2-4-13)23-10-11-5-7-20-8-6-11/h1-9,21H,10H2. The van der Waals surface area contributed by atoms with E-state index in [-0.39, 0.29) is 15.9 Å². The van der Waals surface area contributed by atoms with Gasteiger partial charge in [-0.2, -0.15) is 0 Å². The van der Waals surface area contributed by atoms with Crippen LogP contribution in [0.2, 0.25) is 10.2 Å². The molecule has 0 atom stereocenters. The Kier molecular flexibility index (Phi) is 5.03. The van der Waals surface area contributed by atoms with Crippen LogP contribution in [0.25, 0.3) is 0 Å². The lowest BCUT2D eigenvalue weighted by atomic mass is 10.3. The summed E-state index contributed by atoms with van der Waals surface area (Å²) in [5.74, 6) is 0.477. The lowest BCUT2D eigenvalue weighted by Crippen LogP contribution is -2.08. The van der Waals surface area contributed by atoms with Crippen molar-refractivity contribution in [3.63, 3.8) is 0 Å². The molecule has 3 aromatic rings. The molecule has 1 aromatic carbocycles. The first-order valence-corrected chi connectivity index (χ1v) is 7.75. The van der Waals surface area contributed by atoms with Crippen molar-refractivity contribution in [2.45, 2.75) is 6.61 Å². The molecule has 0 saturated carbocycles. The van der Waals surface area contributed by atoms with Crippen LogP contribution in [0.1, 0.15) is 16.1 Å². The highest BCUT2D eigenvalue weighted by Crippen LogP contribution is 2.24. The average Bonchev–Trinajstić information content (AvgIpc) is 2.94. The van der Waals surface area contributed by atoms with Gasteiger partial charge in [-0.3, -0.25) is 4.98 Å². The average molecular weight is 363 g/mol. The summed E-state index contributed by atoms with van der Waals surface area (Å²) >= 11 is 11.6. The molecule has 0 aliphatic rings. The van der Waals surface area contributed by atoms with E-state index in [1.165, 1.54) is 6.07 Å². The lowest BCUT2D eigenvalue weighted by molar-refractivity contribution is 0.0729. The zero-order valence-electron chi connectivity index (χ0n) is 12.3. The van der Waals surface area contributed by atoms with Crippen LogP contribution in [0.4, 0.5) is 0 Å². The number of esters is 1. The zero-order chi connectivity index (χ0) is 16.9. The molecule has 5 nitrogen and oxygen atoms in total. The molecular weight excluding hydrogens is 351 g/mol. The summed E-state index contributed by atoms with van der Waals surface area (Å²) in [4.78, 5) is 18.6. The number of nitrogens with one attached hydrogen (secondary N) is 1. The monoisotopic (exact) mass is 362 g/mol. The van der Waals surface area contributed by atoms with Crippen molar-refractivity contribution in [2.75, 3.05) is 0 Å². The van der Waals surface area contributed by atoms with E-state index >= 15 is 0 Å². The van der Waals surface area contributed by atoms with Gasteiger partial charge < -0.3 is 14.5 Å². The topological polar surface area (TPSA) is 64.2 Å². The van der Waals surface area contributed by atoms with Gasteiger partial charge in [0.2, 0.25) is 0 Å². The summed E-state index contributed by atoms with van der Waals surface area (Å²) in [6.07, 6.45) is 3.42. The SMILES string of the molecule is O=C(Oc1ccc(OCc2ccncc2)cc1)c1cc(Cl)c(Cl)[nH]1. The smallest absolute Gasteiger partial charge is 0.360 e. The zero-order valence-corrected chi connectivity index (χ0v) is 13.8. The predicted octanol–water partition coefficient (Wildman–Crippen LogP) is 4.51. The number of carbonyl (C=O) groups is 1. The number of pyridine rings is 1. The predicted molar refractivity (Wildman–Crippen MR) is 90.8 cm³/mol. The van der Waals surface area contributed by atoms with Crippen molar-refractivity contribution in [1.29, 1.82) is 0 Å². The second-order valence-electron chi connectivity index (χ2n) is 4.85. The molecule has 24 heavy (non-hydrogen) atoms. The van der Waals surface area contributed by atoms with Gasteiger partial charge in [-0.05, 0) is 48.0 Å². The van der Waals surface area contributed by atoms with E-state index in [1.54, 1.807) is 36.7 Å². The van der Waals surface area contributed by atoms with Crippen LogP contribution in [-0.4, -0.2) is 15.9 Å². The molecule has 3 rings (SSSR count). The van der Waals surface area contributed by atoms with E-state index in [2.05, 4.69) is 9.97 Å². The summed E-state index contributed by atoms with van der Waals surface area (Å²) in [5, 5.41) is 0.465. The molecule has 0 aliphatic heterocycles. The molecule has 0 radical (unpaired) electrons. The van der Waals surface area contributed by atoms with Gasteiger partial charge in [-0.1, -0.05) is 23.2 Å². The molecule has 122 valence electrons. The first-order chi connectivity index (χ1) is 11.6. The summed E-state index contributed by atoms with van der Waals surface area (Å²) < 4.78 is 10.9. The summed E-state index contributed by atoms with van der Waals surface area (Å²) in [6.45, 7) is 0.432. The maximum absolute atomic E-state index is 12.0. The maximum atomic E-state index is 12.0. The second-order valence-corrected chi connectivity index (χ2v) is 5.64. The molecule has 2 aromatic heterocycles. The van der Waals surface area contributed by atoms with E-state index in [9.17, 15) is 4.79 Å². The van der Waals surface area contributed by atoms with Gasteiger partial charge in [-0.15, -0.1) is 0 Å². The van der Waals surface area contributed by atoms with Gasteiger partial charge >= 0.3 is 5.97 Å². The molecule has 7 heteroatoms. The Morgan fingerprint density at radius 1 is 1.04 bits per heavy atom. The number of rotatable bonds is 5. The van der Waals surface area contributed by atoms with Gasteiger partial charge in [0, 0.05) is 12.4 Å². The van der Waals surface area contributed by atoms with Crippen molar-refractivity contribution in [2.24, 2.45) is 0 Å². The fourth-order valence-corrected chi connectivity index (χ4v) is 2.24. The molecule has 0 amide bonds. The Morgan fingerprint density at radius 3 is 2.33 bits per heavy atom.